The Kier molecular flexibility index (Phi) is 4.71. The molecule has 0 amide bonds. The lowest BCUT2D eigenvalue weighted by molar-refractivity contribution is -0.139. The van der Waals surface area contributed by atoms with E-state index >= 15 is 0 Å². The lowest BCUT2D eigenvalue weighted by Gasteiger charge is -2.18. The molecule has 0 aromatic heterocycles. The molecule has 2 rings (SSSR count). The molecule has 7 heteroatoms. The van der Waals surface area contributed by atoms with Crippen molar-refractivity contribution in [2.24, 2.45) is 0 Å². The predicted molar refractivity (Wildman–Crippen MR) is 81.0 cm³/mol. The predicted octanol–water partition coefficient (Wildman–Crippen LogP) is 2.37. The molecule has 120 valence electrons. The Hall–Kier alpha value is -1.68. The number of hydrogen-bond acceptors (Lipinski definition) is 6. The third-order valence-corrected chi connectivity index (χ3v) is 7.08. The number of hydrogen-bond donors (Lipinski definition) is 0. The van der Waals surface area contributed by atoms with Crippen molar-refractivity contribution in [2.45, 2.75) is 32.1 Å². The Morgan fingerprint density at radius 3 is 1.68 bits per heavy atom. The molecule has 2 aliphatic rings. The zero-order valence-electron chi connectivity index (χ0n) is 13.3. The molecular formula is C15H19O6P. The summed E-state index contributed by atoms with van der Waals surface area (Å²) in [5, 5.41) is 0. The highest BCUT2D eigenvalue weighted by Crippen LogP contribution is 2.68. The molecule has 2 bridgehead atoms. The quantitative estimate of drug-likeness (QED) is 0.341. The van der Waals surface area contributed by atoms with Crippen LogP contribution in [-0.4, -0.2) is 49.8 Å². The van der Waals surface area contributed by atoms with Crippen LogP contribution in [0.15, 0.2) is 22.3 Å². The summed E-state index contributed by atoms with van der Waals surface area (Å²) in [5.74, 6) is -1.17. The first-order chi connectivity index (χ1) is 10.4. The van der Waals surface area contributed by atoms with Crippen LogP contribution in [0.25, 0.3) is 0 Å². The molecule has 0 aromatic carbocycles. The number of rotatable bonds is 4. The summed E-state index contributed by atoms with van der Waals surface area (Å²) in [5.41, 5.74) is 1.21. The minimum atomic E-state index is -1.37. The Bertz CT molecular complexity index is 561. The van der Waals surface area contributed by atoms with E-state index in [2.05, 4.69) is 0 Å². The van der Waals surface area contributed by atoms with Crippen molar-refractivity contribution in [3.63, 3.8) is 0 Å². The highest BCUT2D eigenvalue weighted by Gasteiger charge is 2.58. The van der Waals surface area contributed by atoms with Gasteiger partial charge in [0.2, 0.25) is 0 Å². The SMILES string of the molecule is CCOC(=O)P1C2C(C)=C(C)C1C(C(=O)OC)=C2C(=O)OC. The molecule has 2 aliphatic heterocycles. The van der Waals surface area contributed by atoms with Crippen LogP contribution in [0, 0.1) is 0 Å². The highest BCUT2D eigenvalue weighted by atomic mass is 31.1. The minimum absolute atomic E-state index is 0.251. The maximum atomic E-state index is 12.4. The number of esters is 2. The van der Waals surface area contributed by atoms with Crippen molar-refractivity contribution in [3.05, 3.63) is 22.3 Å². The molecule has 0 N–H and O–H groups in total. The maximum Gasteiger partial charge on any atom is 0.335 e. The smallest absolute Gasteiger partial charge is 0.335 e. The zero-order valence-corrected chi connectivity index (χ0v) is 14.2. The van der Waals surface area contributed by atoms with Gasteiger partial charge in [0, 0.05) is 19.2 Å². The first-order valence-electron chi connectivity index (χ1n) is 6.93. The van der Waals surface area contributed by atoms with Crippen molar-refractivity contribution < 1.29 is 28.6 Å². The minimum Gasteiger partial charge on any atom is -0.466 e. The van der Waals surface area contributed by atoms with Crippen molar-refractivity contribution in [2.75, 3.05) is 20.8 Å². The summed E-state index contributed by atoms with van der Waals surface area (Å²) in [7, 11) is 1.15. The van der Waals surface area contributed by atoms with Gasteiger partial charge in [-0.2, -0.15) is 0 Å². The average Bonchev–Trinajstić information content (AvgIpc) is 2.98. The van der Waals surface area contributed by atoms with E-state index in [1.807, 2.05) is 13.8 Å². The third kappa shape index (κ3) is 2.26. The van der Waals surface area contributed by atoms with Crippen molar-refractivity contribution >= 4 is 25.6 Å². The van der Waals surface area contributed by atoms with Gasteiger partial charge >= 0.3 is 17.6 Å². The monoisotopic (exact) mass is 326 g/mol. The molecule has 0 radical (unpaired) electrons. The van der Waals surface area contributed by atoms with E-state index in [-0.39, 0.29) is 23.5 Å². The Balaban J connectivity index is 2.56. The number of allylic oxidation sites excluding steroid dienone is 2. The van der Waals surface area contributed by atoms with Crippen molar-refractivity contribution in [3.8, 4) is 0 Å². The van der Waals surface area contributed by atoms with Gasteiger partial charge in [-0.3, -0.25) is 0 Å². The van der Waals surface area contributed by atoms with Crippen LogP contribution >= 0.6 is 7.92 Å². The topological polar surface area (TPSA) is 78.9 Å². The lowest BCUT2D eigenvalue weighted by Crippen LogP contribution is -2.24. The second kappa shape index (κ2) is 6.21. The Morgan fingerprint density at radius 1 is 0.955 bits per heavy atom. The van der Waals surface area contributed by atoms with E-state index in [1.165, 1.54) is 14.2 Å². The number of carbonyl (C=O) groups is 3. The fraction of sp³-hybridized carbons (Fsp3) is 0.533. The normalized spacial score (nSPS) is 26.3. The molecule has 22 heavy (non-hydrogen) atoms. The van der Waals surface area contributed by atoms with E-state index < -0.39 is 31.2 Å². The fourth-order valence-corrected chi connectivity index (χ4v) is 6.36. The summed E-state index contributed by atoms with van der Waals surface area (Å²) in [6.45, 7) is 5.75. The van der Waals surface area contributed by atoms with E-state index in [9.17, 15) is 14.4 Å². The number of methoxy groups -OCH3 is 2. The summed E-state index contributed by atoms with van der Waals surface area (Å²) in [4.78, 5) is 36.7. The number of ether oxygens (including phenoxy) is 3. The van der Waals surface area contributed by atoms with Gasteiger partial charge in [-0.25, -0.2) is 14.4 Å². The summed E-state index contributed by atoms with van der Waals surface area (Å²) >= 11 is 0. The number of fused-ring (bicyclic) bond motifs is 2. The lowest BCUT2D eigenvalue weighted by atomic mass is 9.87. The second-order valence-electron chi connectivity index (χ2n) is 5.09. The molecule has 0 aromatic rings. The second-order valence-corrected chi connectivity index (χ2v) is 7.30. The largest absolute Gasteiger partial charge is 0.466 e. The highest BCUT2D eigenvalue weighted by molar-refractivity contribution is 7.77. The van der Waals surface area contributed by atoms with Gasteiger partial charge < -0.3 is 14.2 Å². The van der Waals surface area contributed by atoms with Crippen LogP contribution in [0.5, 0.6) is 0 Å². The zero-order chi connectivity index (χ0) is 16.6. The number of carbonyl (C=O) groups excluding carboxylic acids is 3. The van der Waals surface area contributed by atoms with Gasteiger partial charge in [-0.1, -0.05) is 11.1 Å². The summed E-state index contributed by atoms with van der Waals surface area (Å²) in [6.07, 6.45) is 0. The maximum absolute atomic E-state index is 12.4. The van der Waals surface area contributed by atoms with Gasteiger partial charge in [-0.05, 0) is 20.8 Å². The van der Waals surface area contributed by atoms with E-state index in [4.69, 9.17) is 14.2 Å². The van der Waals surface area contributed by atoms with Gasteiger partial charge in [0.25, 0.3) is 0 Å². The molecule has 0 spiro atoms. The molecule has 0 saturated heterocycles. The van der Waals surface area contributed by atoms with Crippen LogP contribution in [-0.2, 0) is 23.8 Å². The van der Waals surface area contributed by atoms with Gasteiger partial charge in [0.15, 0.2) is 0 Å². The van der Waals surface area contributed by atoms with Gasteiger partial charge in [0.05, 0.1) is 32.0 Å². The molecule has 0 saturated carbocycles. The summed E-state index contributed by atoms with van der Waals surface area (Å²) < 4.78 is 14.8. The molecule has 2 unspecified atom stereocenters. The molecule has 2 heterocycles. The van der Waals surface area contributed by atoms with Gasteiger partial charge in [-0.15, -0.1) is 0 Å². The van der Waals surface area contributed by atoms with Crippen LogP contribution in [0.3, 0.4) is 0 Å². The standard InChI is InChI=1S/C15H19O6P/c1-6-21-15(18)22-11-7(2)8(3)12(22)10(14(17)20-5)9(11)13(16)19-4/h11-12H,6H2,1-5H3. The Labute approximate surface area is 130 Å². The van der Waals surface area contributed by atoms with E-state index in [0.29, 0.717) is 0 Å². The summed E-state index contributed by atoms with van der Waals surface area (Å²) in [6, 6.07) is 0. The fourth-order valence-electron chi connectivity index (χ4n) is 3.08. The van der Waals surface area contributed by atoms with Crippen molar-refractivity contribution in [1.29, 1.82) is 0 Å². The molecule has 6 nitrogen and oxygen atoms in total. The molecule has 0 aliphatic carbocycles. The van der Waals surface area contributed by atoms with Crippen LogP contribution in [0.4, 0.5) is 4.79 Å². The first kappa shape index (κ1) is 16.7. The average molecular weight is 326 g/mol. The van der Waals surface area contributed by atoms with E-state index in [0.717, 1.165) is 11.1 Å². The van der Waals surface area contributed by atoms with Crippen LogP contribution < -0.4 is 0 Å². The molecule has 0 fully saturated rings. The van der Waals surface area contributed by atoms with Crippen molar-refractivity contribution in [1.82, 2.24) is 0 Å². The molecule has 2 atom stereocenters. The van der Waals surface area contributed by atoms with E-state index in [1.54, 1.807) is 6.92 Å². The first-order valence-corrected chi connectivity index (χ1v) is 8.41. The third-order valence-electron chi connectivity index (χ3n) is 4.12. The molecular weight excluding hydrogens is 307 g/mol. The van der Waals surface area contributed by atoms with Crippen LogP contribution in [0.2, 0.25) is 0 Å². The van der Waals surface area contributed by atoms with Crippen LogP contribution in [0.1, 0.15) is 20.8 Å². The Morgan fingerprint density at radius 2 is 1.36 bits per heavy atom. The van der Waals surface area contributed by atoms with Gasteiger partial charge in [0.1, 0.15) is 0 Å².